The van der Waals surface area contributed by atoms with Gasteiger partial charge in [0.15, 0.2) is 0 Å². The number of fused-ring (bicyclic) bond motifs is 1. The van der Waals surface area contributed by atoms with E-state index >= 15 is 0 Å². The van der Waals surface area contributed by atoms with E-state index in [1.807, 2.05) is 12.1 Å². The van der Waals surface area contributed by atoms with Crippen molar-refractivity contribution in [2.75, 3.05) is 6.54 Å². The Hall–Kier alpha value is -1.16. The molecule has 100 valence electrons. The molecule has 0 amide bonds. The Bertz CT molecular complexity index is 552. The van der Waals surface area contributed by atoms with Crippen LogP contribution in [0.15, 0.2) is 41.1 Å². The van der Waals surface area contributed by atoms with Crippen LogP contribution in [0.25, 0.3) is 0 Å². The van der Waals surface area contributed by atoms with Crippen LogP contribution in [0.5, 0.6) is 0 Å². The third-order valence-electron chi connectivity index (χ3n) is 4.07. The van der Waals surface area contributed by atoms with E-state index in [0.29, 0.717) is 6.54 Å². The van der Waals surface area contributed by atoms with Crippen molar-refractivity contribution in [2.24, 2.45) is 0 Å². The summed E-state index contributed by atoms with van der Waals surface area (Å²) in [5, 5.41) is 18.5. The fourth-order valence-electron chi connectivity index (χ4n) is 2.81. The van der Waals surface area contributed by atoms with Gasteiger partial charge >= 0.3 is 0 Å². The predicted octanol–water partition coefficient (Wildman–Crippen LogP) is 3.23. The number of hydrogen-bond donors (Lipinski definition) is 2. The topological polar surface area (TPSA) is 32.3 Å². The maximum absolute atomic E-state index is 10.8. The number of hydrogen-bond acceptors (Lipinski definition) is 3. The van der Waals surface area contributed by atoms with Gasteiger partial charge in [0.25, 0.3) is 0 Å². The van der Waals surface area contributed by atoms with E-state index in [4.69, 9.17) is 0 Å². The van der Waals surface area contributed by atoms with Gasteiger partial charge in [0.05, 0.1) is 0 Å². The van der Waals surface area contributed by atoms with E-state index in [0.717, 1.165) is 18.4 Å². The van der Waals surface area contributed by atoms with Crippen molar-refractivity contribution in [1.82, 2.24) is 5.32 Å². The van der Waals surface area contributed by atoms with Crippen molar-refractivity contribution in [2.45, 2.75) is 31.4 Å². The van der Waals surface area contributed by atoms with Crippen LogP contribution >= 0.6 is 11.3 Å². The van der Waals surface area contributed by atoms with Gasteiger partial charge < -0.3 is 10.4 Å². The predicted molar refractivity (Wildman–Crippen MR) is 79.4 cm³/mol. The molecule has 0 spiro atoms. The number of nitrogens with one attached hydrogen (secondary N) is 1. The van der Waals surface area contributed by atoms with Crippen LogP contribution in [0.4, 0.5) is 0 Å². The first-order valence-electron chi connectivity index (χ1n) is 6.75. The zero-order valence-electron chi connectivity index (χ0n) is 11.1. The highest BCUT2D eigenvalue weighted by molar-refractivity contribution is 7.07. The molecule has 0 bridgehead atoms. The van der Waals surface area contributed by atoms with Gasteiger partial charge in [-0.2, -0.15) is 11.3 Å². The quantitative estimate of drug-likeness (QED) is 0.896. The molecule has 0 fully saturated rings. The van der Waals surface area contributed by atoms with Gasteiger partial charge in [-0.25, -0.2) is 0 Å². The fourth-order valence-corrected chi connectivity index (χ4v) is 3.57. The second-order valence-corrected chi connectivity index (χ2v) is 6.13. The standard InChI is InChI=1S/C16H19NOS/c1-12(14-7-9-19-10-14)17-11-16(18)8-6-13-4-2-3-5-15(13)16/h2-5,7,9-10,12,17-18H,6,8,11H2,1H3. The van der Waals surface area contributed by atoms with Crippen molar-refractivity contribution in [3.05, 3.63) is 57.8 Å². The molecule has 0 saturated carbocycles. The highest BCUT2D eigenvalue weighted by Crippen LogP contribution is 2.36. The van der Waals surface area contributed by atoms with Crippen LogP contribution in [0, 0.1) is 0 Å². The Labute approximate surface area is 118 Å². The average molecular weight is 273 g/mol. The molecular weight excluding hydrogens is 254 g/mol. The molecule has 2 unspecified atom stereocenters. The molecule has 2 nitrogen and oxygen atoms in total. The molecule has 1 aliphatic carbocycles. The lowest BCUT2D eigenvalue weighted by molar-refractivity contribution is 0.0363. The third-order valence-corrected chi connectivity index (χ3v) is 4.77. The van der Waals surface area contributed by atoms with Crippen LogP contribution in [-0.4, -0.2) is 11.7 Å². The molecule has 1 aliphatic rings. The van der Waals surface area contributed by atoms with E-state index in [-0.39, 0.29) is 6.04 Å². The van der Waals surface area contributed by atoms with Gasteiger partial charge in [0.1, 0.15) is 5.60 Å². The fraction of sp³-hybridized carbons (Fsp3) is 0.375. The molecule has 19 heavy (non-hydrogen) atoms. The number of rotatable bonds is 4. The summed E-state index contributed by atoms with van der Waals surface area (Å²) in [4.78, 5) is 0. The largest absolute Gasteiger partial charge is 0.384 e. The van der Waals surface area contributed by atoms with Crippen LogP contribution in [0.1, 0.15) is 36.1 Å². The summed E-state index contributed by atoms with van der Waals surface area (Å²) >= 11 is 1.71. The number of aliphatic hydroxyl groups is 1. The molecule has 2 N–H and O–H groups in total. The minimum Gasteiger partial charge on any atom is -0.384 e. The van der Waals surface area contributed by atoms with Crippen LogP contribution < -0.4 is 5.32 Å². The minimum absolute atomic E-state index is 0.281. The van der Waals surface area contributed by atoms with E-state index in [2.05, 4.69) is 41.2 Å². The van der Waals surface area contributed by atoms with Crippen LogP contribution in [-0.2, 0) is 12.0 Å². The normalized spacial score (nSPS) is 23.3. The van der Waals surface area contributed by atoms with Crippen molar-refractivity contribution in [3.8, 4) is 0 Å². The summed E-state index contributed by atoms with van der Waals surface area (Å²) in [5.41, 5.74) is 2.97. The van der Waals surface area contributed by atoms with Crippen molar-refractivity contribution >= 4 is 11.3 Å². The Morgan fingerprint density at radius 3 is 3.00 bits per heavy atom. The summed E-state index contributed by atoms with van der Waals surface area (Å²) in [6.07, 6.45) is 1.79. The lowest BCUT2D eigenvalue weighted by Crippen LogP contribution is -2.37. The molecule has 1 heterocycles. The number of thiophene rings is 1. The Morgan fingerprint density at radius 2 is 2.21 bits per heavy atom. The average Bonchev–Trinajstić information content (AvgIpc) is 3.06. The molecule has 1 aromatic carbocycles. The molecule has 0 aliphatic heterocycles. The lowest BCUT2D eigenvalue weighted by Gasteiger charge is -2.26. The lowest BCUT2D eigenvalue weighted by atomic mass is 9.95. The zero-order chi connectivity index (χ0) is 13.3. The Kier molecular flexibility index (Phi) is 3.44. The summed E-state index contributed by atoms with van der Waals surface area (Å²) in [5.74, 6) is 0. The molecular formula is C16H19NOS. The summed E-state index contributed by atoms with van der Waals surface area (Å²) in [7, 11) is 0. The van der Waals surface area contributed by atoms with Crippen molar-refractivity contribution < 1.29 is 5.11 Å². The smallest absolute Gasteiger partial charge is 0.103 e. The molecule has 0 saturated heterocycles. The Balaban J connectivity index is 1.71. The zero-order valence-corrected chi connectivity index (χ0v) is 11.9. The maximum atomic E-state index is 10.8. The van der Waals surface area contributed by atoms with E-state index in [9.17, 15) is 5.11 Å². The van der Waals surface area contributed by atoms with Crippen LogP contribution in [0.2, 0.25) is 0 Å². The molecule has 1 aromatic heterocycles. The highest BCUT2D eigenvalue weighted by atomic mass is 32.1. The number of benzene rings is 1. The summed E-state index contributed by atoms with van der Waals surface area (Å²) in [6, 6.07) is 10.6. The van der Waals surface area contributed by atoms with Gasteiger partial charge in [0, 0.05) is 12.6 Å². The van der Waals surface area contributed by atoms with Gasteiger partial charge in [-0.05, 0) is 53.3 Å². The van der Waals surface area contributed by atoms with Gasteiger partial charge in [-0.3, -0.25) is 0 Å². The molecule has 3 heteroatoms. The van der Waals surface area contributed by atoms with Crippen molar-refractivity contribution in [1.29, 1.82) is 0 Å². The van der Waals surface area contributed by atoms with Crippen molar-refractivity contribution in [3.63, 3.8) is 0 Å². The van der Waals surface area contributed by atoms with Crippen LogP contribution in [0.3, 0.4) is 0 Å². The molecule has 2 atom stereocenters. The molecule has 3 rings (SSSR count). The Morgan fingerprint density at radius 1 is 1.37 bits per heavy atom. The van der Waals surface area contributed by atoms with Gasteiger partial charge in [-0.15, -0.1) is 0 Å². The van der Waals surface area contributed by atoms with Gasteiger partial charge in [-0.1, -0.05) is 24.3 Å². The first-order chi connectivity index (χ1) is 9.19. The SMILES string of the molecule is CC(NCC1(O)CCc2ccccc21)c1ccsc1. The monoisotopic (exact) mass is 273 g/mol. The molecule has 2 aromatic rings. The summed E-state index contributed by atoms with van der Waals surface area (Å²) < 4.78 is 0. The van der Waals surface area contributed by atoms with E-state index in [1.54, 1.807) is 11.3 Å². The third kappa shape index (κ3) is 2.46. The second kappa shape index (κ2) is 5.08. The summed E-state index contributed by atoms with van der Waals surface area (Å²) in [6.45, 7) is 2.76. The minimum atomic E-state index is -0.707. The highest BCUT2D eigenvalue weighted by Gasteiger charge is 2.36. The number of aryl methyl sites for hydroxylation is 1. The molecule has 0 radical (unpaired) electrons. The van der Waals surface area contributed by atoms with Gasteiger partial charge in [0.2, 0.25) is 0 Å². The second-order valence-electron chi connectivity index (χ2n) is 5.35. The first-order valence-corrected chi connectivity index (χ1v) is 7.69. The van der Waals surface area contributed by atoms with E-state index in [1.165, 1.54) is 11.1 Å². The first kappa shape index (κ1) is 12.9. The van der Waals surface area contributed by atoms with E-state index < -0.39 is 5.60 Å². The maximum Gasteiger partial charge on any atom is 0.103 e.